The summed E-state index contributed by atoms with van der Waals surface area (Å²) in [7, 11) is -0.287. The quantitative estimate of drug-likeness (QED) is 0.530. The van der Waals surface area contributed by atoms with Gasteiger partial charge in [-0.3, -0.25) is 0 Å². The lowest BCUT2D eigenvalue weighted by Gasteiger charge is -2.04. The summed E-state index contributed by atoms with van der Waals surface area (Å²) in [5.74, 6) is 0. The first-order chi connectivity index (χ1) is 3.81. The SMILES string of the molecule is COP(O)OCCN. The fourth-order valence-corrected chi connectivity index (χ4v) is 0.551. The minimum Gasteiger partial charge on any atom is -0.328 e. The van der Waals surface area contributed by atoms with Crippen molar-refractivity contribution in [3.8, 4) is 0 Å². The third kappa shape index (κ3) is 4.43. The van der Waals surface area contributed by atoms with Crippen LogP contribution in [0.4, 0.5) is 0 Å². The van der Waals surface area contributed by atoms with Crippen LogP contribution in [0.25, 0.3) is 0 Å². The largest absolute Gasteiger partial charge is 0.329 e. The van der Waals surface area contributed by atoms with Gasteiger partial charge < -0.3 is 19.7 Å². The van der Waals surface area contributed by atoms with E-state index in [1.165, 1.54) is 7.11 Å². The Morgan fingerprint density at radius 1 is 1.75 bits per heavy atom. The maximum Gasteiger partial charge on any atom is 0.329 e. The molecule has 0 aromatic rings. The number of hydrogen-bond acceptors (Lipinski definition) is 4. The van der Waals surface area contributed by atoms with Gasteiger partial charge in [0, 0.05) is 13.7 Å². The van der Waals surface area contributed by atoms with Crippen molar-refractivity contribution in [2.75, 3.05) is 20.3 Å². The number of nitrogens with two attached hydrogens (primary N) is 1. The van der Waals surface area contributed by atoms with E-state index in [-0.39, 0.29) is 0 Å². The number of rotatable bonds is 4. The molecule has 8 heavy (non-hydrogen) atoms. The van der Waals surface area contributed by atoms with E-state index in [1.54, 1.807) is 0 Å². The van der Waals surface area contributed by atoms with E-state index in [0.29, 0.717) is 13.2 Å². The Bertz CT molecular complexity index is 53.8. The van der Waals surface area contributed by atoms with Crippen LogP contribution in [-0.2, 0) is 9.05 Å². The topological polar surface area (TPSA) is 64.7 Å². The molecular weight excluding hydrogens is 129 g/mol. The molecule has 0 saturated carbocycles. The standard InChI is InChI=1S/C3H10NO3P/c1-6-8(5)7-3-2-4/h5H,2-4H2,1H3. The molecule has 0 amide bonds. The zero-order valence-electron chi connectivity index (χ0n) is 4.70. The summed E-state index contributed by atoms with van der Waals surface area (Å²) in [5.41, 5.74) is 5.05. The molecule has 0 radical (unpaired) electrons. The van der Waals surface area contributed by atoms with Crippen molar-refractivity contribution in [2.45, 2.75) is 0 Å². The van der Waals surface area contributed by atoms with E-state index in [9.17, 15) is 0 Å². The third-order valence-corrected chi connectivity index (χ3v) is 1.19. The van der Waals surface area contributed by atoms with E-state index in [2.05, 4.69) is 9.05 Å². The molecule has 0 bridgehead atoms. The average Bonchev–Trinajstić information content (AvgIpc) is 1.83. The van der Waals surface area contributed by atoms with E-state index in [4.69, 9.17) is 10.6 Å². The molecule has 0 aromatic heterocycles. The van der Waals surface area contributed by atoms with Crippen molar-refractivity contribution in [2.24, 2.45) is 5.73 Å². The lowest BCUT2D eigenvalue weighted by Crippen LogP contribution is -2.05. The maximum atomic E-state index is 8.55. The van der Waals surface area contributed by atoms with Crippen molar-refractivity contribution in [3.05, 3.63) is 0 Å². The molecule has 0 rings (SSSR count). The van der Waals surface area contributed by atoms with Crippen LogP contribution in [0.1, 0.15) is 0 Å². The molecular formula is C3H10NO3P. The smallest absolute Gasteiger partial charge is 0.328 e. The fourth-order valence-electron chi connectivity index (χ4n) is 0.184. The normalized spacial score (nSPS) is 13.9. The highest BCUT2D eigenvalue weighted by Crippen LogP contribution is 2.30. The van der Waals surface area contributed by atoms with Crippen molar-refractivity contribution in [1.29, 1.82) is 0 Å². The minimum absolute atomic E-state index is 0.343. The van der Waals surface area contributed by atoms with Gasteiger partial charge in [-0.05, 0) is 0 Å². The third-order valence-electron chi connectivity index (χ3n) is 0.476. The molecule has 0 fully saturated rings. The molecule has 50 valence electrons. The summed E-state index contributed by atoms with van der Waals surface area (Å²) in [5, 5.41) is 0. The molecule has 0 spiro atoms. The lowest BCUT2D eigenvalue weighted by atomic mass is 10.8. The molecule has 0 aliphatic rings. The molecule has 5 heteroatoms. The Balaban J connectivity index is 2.86. The van der Waals surface area contributed by atoms with E-state index >= 15 is 0 Å². The van der Waals surface area contributed by atoms with Crippen LogP contribution in [0.5, 0.6) is 0 Å². The fraction of sp³-hybridized carbons (Fsp3) is 1.00. The summed E-state index contributed by atoms with van der Waals surface area (Å²) in [6, 6.07) is 0. The Hall–Kier alpha value is 0.270. The molecule has 0 aromatic carbocycles. The molecule has 0 heterocycles. The van der Waals surface area contributed by atoms with Gasteiger partial charge in [-0.25, -0.2) is 0 Å². The summed E-state index contributed by atoms with van der Waals surface area (Å²) in [6.07, 6.45) is 0. The van der Waals surface area contributed by atoms with E-state index < -0.39 is 8.60 Å². The van der Waals surface area contributed by atoms with Crippen LogP contribution in [0.2, 0.25) is 0 Å². The van der Waals surface area contributed by atoms with Crippen LogP contribution in [0, 0.1) is 0 Å². The maximum absolute atomic E-state index is 8.55. The van der Waals surface area contributed by atoms with Crippen LogP contribution >= 0.6 is 8.60 Å². The summed E-state index contributed by atoms with van der Waals surface area (Å²) >= 11 is 0. The van der Waals surface area contributed by atoms with Crippen LogP contribution in [0.15, 0.2) is 0 Å². The molecule has 4 nitrogen and oxygen atoms in total. The molecule has 3 N–H and O–H groups in total. The highest BCUT2D eigenvalue weighted by atomic mass is 31.2. The van der Waals surface area contributed by atoms with Gasteiger partial charge in [0.05, 0.1) is 6.61 Å². The summed E-state index contributed by atoms with van der Waals surface area (Å²) in [4.78, 5) is 8.55. The summed E-state index contributed by atoms with van der Waals surface area (Å²) < 4.78 is 9.01. The van der Waals surface area contributed by atoms with Gasteiger partial charge in [0.2, 0.25) is 0 Å². The predicted octanol–water partition coefficient (Wildman–Crippen LogP) is -0.173. The van der Waals surface area contributed by atoms with Crippen molar-refractivity contribution in [1.82, 2.24) is 0 Å². The Labute approximate surface area is 49.6 Å². The monoisotopic (exact) mass is 139 g/mol. The first-order valence-corrected chi connectivity index (χ1v) is 3.30. The summed E-state index contributed by atoms with van der Waals surface area (Å²) in [6.45, 7) is 0.749. The average molecular weight is 139 g/mol. The predicted molar refractivity (Wildman–Crippen MR) is 31.2 cm³/mol. The van der Waals surface area contributed by atoms with Crippen molar-refractivity contribution in [3.63, 3.8) is 0 Å². The van der Waals surface area contributed by atoms with E-state index in [1.807, 2.05) is 0 Å². The van der Waals surface area contributed by atoms with Crippen LogP contribution < -0.4 is 5.73 Å². The minimum atomic E-state index is -1.66. The van der Waals surface area contributed by atoms with Gasteiger partial charge in [0.25, 0.3) is 0 Å². The van der Waals surface area contributed by atoms with Crippen LogP contribution in [-0.4, -0.2) is 25.2 Å². The van der Waals surface area contributed by atoms with Crippen LogP contribution in [0.3, 0.4) is 0 Å². The Morgan fingerprint density at radius 3 is 2.75 bits per heavy atom. The zero-order chi connectivity index (χ0) is 6.41. The van der Waals surface area contributed by atoms with Gasteiger partial charge in [-0.15, -0.1) is 0 Å². The van der Waals surface area contributed by atoms with Gasteiger partial charge in [0.15, 0.2) is 0 Å². The first-order valence-electron chi connectivity index (χ1n) is 2.17. The lowest BCUT2D eigenvalue weighted by molar-refractivity contribution is 0.235. The highest BCUT2D eigenvalue weighted by Gasteiger charge is 1.99. The molecule has 1 unspecified atom stereocenters. The highest BCUT2D eigenvalue weighted by molar-refractivity contribution is 7.40. The van der Waals surface area contributed by atoms with Crippen molar-refractivity contribution >= 4 is 8.60 Å². The molecule has 0 aliphatic carbocycles. The second-order valence-corrected chi connectivity index (χ2v) is 2.14. The van der Waals surface area contributed by atoms with Gasteiger partial charge in [0.1, 0.15) is 0 Å². The van der Waals surface area contributed by atoms with E-state index in [0.717, 1.165) is 0 Å². The second-order valence-electron chi connectivity index (χ2n) is 1.04. The first kappa shape index (κ1) is 8.27. The zero-order valence-corrected chi connectivity index (χ0v) is 5.60. The van der Waals surface area contributed by atoms with Gasteiger partial charge >= 0.3 is 8.60 Å². The molecule has 0 saturated heterocycles. The molecule has 0 aliphatic heterocycles. The van der Waals surface area contributed by atoms with Gasteiger partial charge in [-0.2, -0.15) is 0 Å². The van der Waals surface area contributed by atoms with Gasteiger partial charge in [-0.1, -0.05) is 0 Å². The Morgan fingerprint density at radius 2 is 2.38 bits per heavy atom. The van der Waals surface area contributed by atoms with Crippen molar-refractivity contribution < 1.29 is 13.9 Å². The number of hydrogen-bond donors (Lipinski definition) is 2. The second kappa shape index (κ2) is 5.41. The Kier molecular flexibility index (Phi) is 5.59. The molecule has 1 atom stereocenters.